The second kappa shape index (κ2) is 4.66. The standard InChI is InChI=1S/C12H13NO5/c1-18-9-4-2-3-8(11(9)12(16)17)13-6-7(14)5-10(13)15/h2-4,7,14H,5-6H2,1H3,(H,16,17). The van der Waals surface area contributed by atoms with Crippen molar-refractivity contribution < 1.29 is 24.5 Å². The summed E-state index contributed by atoms with van der Waals surface area (Å²) in [6.45, 7) is 0.103. The largest absolute Gasteiger partial charge is 0.496 e. The van der Waals surface area contributed by atoms with Crippen LogP contribution in [0.15, 0.2) is 18.2 Å². The van der Waals surface area contributed by atoms with Crippen molar-refractivity contribution in [3.05, 3.63) is 23.8 Å². The number of β-amino-alcohol motifs (C(OH)–C–C–N with tert-alkyl or cyclic N) is 1. The number of aliphatic hydroxyl groups is 1. The van der Waals surface area contributed by atoms with E-state index in [2.05, 4.69) is 0 Å². The van der Waals surface area contributed by atoms with Gasteiger partial charge in [-0.05, 0) is 12.1 Å². The minimum Gasteiger partial charge on any atom is -0.496 e. The third-order valence-corrected chi connectivity index (χ3v) is 2.83. The molecule has 2 N–H and O–H groups in total. The third-order valence-electron chi connectivity index (χ3n) is 2.83. The number of ether oxygens (including phenoxy) is 1. The van der Waals surface area contributed by atoms with E-state index in [0.717, 1.165) is 0 Å². The van der Waals surface area contributed by atoms with E-state index in [-0.39, 0.29) is 35.9 Å². The Morgan fingerprint density at radius 3 is 2.72 bits per heavy atom. The normalized spacial score (nSPS) is 19.1. The Labute approximate surface area is 103 Å². The average molecular weight is 251 g/mol. The molecule has 1 aliphatic heterocycles. The van der Waals surface area contributed by atoms with Gasteiger partial charge < -0.3 is 19.8 Å². The summed E-state index contributed by atoms with van der Waals surface area (Å²) in [4.78, 5) is 24.2. The molecule has 1 fully saturated rings. The topological polar surface area (TPSA) is 87.1 Å². The van der Waals surface area contributed by atoms with Crippen molar-refractivity contribution in [3.8, 4) is 5.75 Å². The van der Waals surface area contributed by atoms with Crippen LogP contribution in [0.5, 0.6) is 5.75 Å². The lowest BCUT2D eigenvalue weighted by Gasteiger charge is -2.19. The molecule has 0 bridgehead atoms. The number of nitrogens with zero attached hydrogens (tertiary/aromatic N) is 1. The van der Waals surface area contributed by atoms with Gasteiger partial charge in [0, 0.05) is 0 Å². The zero-order valence-electron chi connectivity index (χ0n) is 9.79. The van der Waals surface area contributed by atoms with Crippen LogP contribution in [0.2, 0.25) is 0 Å². The molecule has 1 aliphatic rings. The molecule has 0 aromatic heterocycles. The van der Waals surface area contributed by atoms with E-state index in [1.165, 1.54) is 24.1 Å². The zero-order chi connectivity index (χ0) is 13.3. The number of carbonyl (C=O) groups excluding carboxylic acids is 1. The number of methoxy groups -OCH3 is 1. The summed E-state index contributed by atoms with van der Waals surface area (Å²) in [7, 11) is 1.37. The predicted octanol–water partition coefficient (Wildman–Crippen LogP) is 0.491. The summed E-state index contributed by atoms with van der Waals surface area (Å²) in [5.41, 5.74) is 0.186. The third kappa shape index (κ3) is 2.02. The molecule has 1 unspecified atom stereocenters. The molecule has 0 radical (unpaired) electrons. The van der Waals surface area contributed by atoms with Crippen LogP contribution in [0, 0.1) is 0 Å². The molecule has 1 heterocycles. The molecular weight excluding hydrogens is 238 g/mol. The van der Waals surface area contributed by atoms with Gasteiger partial charge in [-0.15, -0.1) is 0 Å². The number of carbonyl (C=O) groups is 2. The summed E-state index contributed by atoms with van der Waals surface area (Å²) in [6.07, 6.45) is -0.749. The van der Waals surface area contributed by atoms with E-state index in [1.807, 2.05) is 0 Å². The Kier molecular flexibility index (Phi) is 3.20. The fraction of sp³-hybridized carbons (Fsp3) is 0.333. The fourth-order valence-electron chi connectivity index (χ4n) is 2.05. The van der Waals surface area contributed by atoms with Crippen LogP contribution in [0.1, 0.15) is 16.8 Å². The molecule has 0 saturated carbocycles. The van der Waals surface area contributed by atoms with E-state index in [0.29, 0.717) is 0 Å². The lowest BCUT2D eigenvalue weighted by Crippen LogP contribution is -2.27. The van der Waals surface area contributed by atoms with Crippen molar-refractivity contribution in [2.45, 2.75) is 12.5 Å². The summed E-state index contributed by atoms with van der Waals surface area (Å²) in [6, 6.07) is 4.66. The monoisotopic (exact) mass is 251 g/mol. The number of hydrogen-bond donors (Lipinski definition) is 2. The molecule has 1 amide bonds. The van der Waals surface area contributed by atoms with Gasteiger partial charge in [0.15, 0.2) is 0 Å². The maximum atomic E-state index is 11.7. The van der Waals surface area contributed by atoms with Crippen molar-refractivity contribution in [2.24, 2.45) is 0 Å². The molecule has 1 aromatic rings. The van der Waals surface area contributed by atoms with Gasteiger partial charge in [0.25, 0.3) is 0 Å². The van der Waals surface area contributed by atoms with Gasteiger partial charge >= 0.3 is 5.97 Å². The first-order valence-electron chi connectivity index (χ1n) is 5.43. The number of anilines is 1. The highest BCUT2D eigenvalue weighted by Gasteiger charge is 2.32. The molecule has 1 aromatic carbocycles. The number of hydrogen-bond acceptors (Lipinski definition) is 4. The first-order chi connectivity index (χ1) is 8.54. The van der Waals surface area contributed by atoms with Crippen molar-refractivity contribution in [1.29, 1.82) is 0 Å². The number of aliphatic hydroxyl groups excluding tert-OH is 1. The smallest absolute Gasteiger partial charge is 0.341 e. The molecule has 96 valence electrons. The molecule has 0 aliphatic carbocycles. The number of carboxylic acid groups (broad SMARTS) is 1. The van der Waals surface area contributed by atoms with Gasteiger partial charge in [-0.3, -0.25) is 4.79 Å². The Morgan fingerprint density at radius 1 is 1.50 bits per heavy atom. The summed E-state index contributed by atoms with van der Waals surface area (Å²) < 4.78 is 4.99. The van der Waals surface area contributed by atoms with Crippen molar-refractivity contribution in [1.82, 2.24) is 0 Å². The Bertz CT molecular complexity index is 499. The SMILES string of the molecule is COc1cccc(N2CC(O)CC2=O)c1C(=O)O. The van der Waals surface area contributed by atoms with Crippen LogP contribution in [-0.4, -0.2) is 41.8 Å². The lowest BCUT2D eigenvalue weighted by molar-refractivity contribution is -0.117. The van der Waals surface area contributed by atoms with E-state index >= 15 is 0 Å². The molecule has 0 spiro atoms. The molecule has 6 nitrogen and oxygen atoms in total. The van der Waals surface area contributed by atoms with E-state index in [1.54, 1.807) is 6.07 Å². The second-order valence-corrected chi connectivity index (χ2v) is 4.02. The van der Waals surface area contributed by atoms with E-state index in [4.69, 9.17) is 4.74 Å². The molecule has 18 heavy (non-hydrogen) atoms. The summed E-state index contributed by atoms with van der Waals surface area (Å²) >= 11 is 0. The predicted molar refractivity (Wildman–Crippen MR) is 62.9 cm³/mol. The second-order valence-electron chi connectivity index (χ2n) is 4.02. The first kappa shape index (κ1) is 12.4. The van der Waals surface area contributed by atoms with E-state index in [9.17, 15) is 19.8 Å². The molecular formula is C12H13NO5. The highest BCUT2D eigenvalue weighted by Crippen LogP contribution is 2.31. The highest BCUT2D eigenvalue weighted by atomic mass is 16.5. The van der Waals surface area contributed by atoms with Crippen molar-refractivity contribution >= 4 is 17.6 Å². The van der Waals surface area contributed by atoms with Gasteiger partial charge in [-0.25, -0.2) is 4.79 Å². The number of rotatable bonds is 3. The molecule has 6 heteroatoms. The molecule has 1 saturated heterocycles. The Hall–Kier alpha value is -2.08. The zero-order valence-corrected chi connectivity index (χ0v) is 9.79. The minimum atomic E-state index is -1.17. The number of carboxylic acids is 1. The van der Waals surface area contributed by atoms with Gasteiger partial charge in [0.1, 0.15) is 11.3 Å². The fourth-order valence-corrected chi connectivity index (χ4v) is 2.05. The van der Waals surface area contributed by atoms with Crippen molar-refractivity contribution in [2.75, 3.05) is 18.6 Å². The van der Waals surface area contributed by atoms with Crippen LogP contribution in [0.4, 0.5) is 5.69 Å². The van der Waals surface area contributed by atoms with Crippen LogP contribution in [0.3, 0.4) is 0 Å². The maximum absolute atomic E-state index is 11.7. The molecule has 2 rings (SSSR count). The van der Waals surface area contributed by atoms with Gasteiger partial charge in [0.05, 0.1) is 31.9 Å². The van der Waals surface area contributed by atoms with Crippen LogP contribution in [0.25, 0.3) is 0 Å². The highest BCUT2D eigenvalue weighted by molar-refractivity contribution is 6.05. The van der Waals surface area contributed by atoms with Crippen LogP contribution in [-0.2, 0) is 4.79 Å². The van der Waals surface area contributed by atoms with Crippen LogP contribution >= 0.6 is 0 Å². The maximum Gasteiger partial charge on any atom is 0.341 e. The number of aromatic carboxylic acids is 1. The Balaban J connectivity index is 2.50. The lowest BCUT2D eigenvalue weighted by atomic mass is 10.1. The molecule has 1 atom stereocenters. The van der Waals surface area contributed by atoms with Crippen LogP contribution < -0.4 is 9.64 Å². The van der Waals surface area contributed by atoms with Crippen molar-refractivity contribution in [3.63, 3.8) is 0 Å². The van der Waals surface area contributed by atoms with Gasteiger partial charge in [-0.1, -0.05) is 6.07 Å². The summed E-state index contributed by atoms with van der Waals surface area (Å²) in [5.74, 6) is -1.27. The first-order valence-corrected chi connectivity index (χ1v) is 5.43. The number of benzene rings is 1. The van der Waals surface area contributed by atoms with E-state index < -0.39 is 12.1 Å². The summed E-state index contributed by atoms with van der Waals surface area (Å²) in [5, 5.41) is 18.7. The quantitative estimate of drug-likeness (QED) is 0.816. The Morgan fingerprint density at radius 2 is 2.22 bits per heavy atom. The van der Waals surface area contributed by atoms with Gasteiger partial charge in [-0.2, -0.15) is 0 Å². The average Bonchev–Trinajstić information content (AvgIpc) is 2.67. The number of amides is 1. The van der Waals surface area contributed by atoms with Gasteiger partial charge in [0.2, 0.25) is 5.91 Å². The minimum absolute atomic E-state index is 0.0102.